The van der Waals surface area contributed by atoms with Gasteiger partial charge in [-0.15, -0.1) is 11.3 Å². The van der Waals surface area contributed by atoms with Gasteiger partial charge < -0.3 is 0 Å². The van der Waals surface area contributed by atoms with Crippen LogP contribution >= 0.6 is 11.3 Å². The molecule has 0 aliphatic heterocycles. The average molecular weight is 248 g/mol. The van der Waals surface area contributed by atoms with Crippen LogP contribution in [0.5, 0.6) is 0 Å². The molecule has 0 N–H and O–H groups in total. The zero-order chi connectivity index (χ0) is 12.5. The molecule has 0 amide bonds. The summed E-state index contributed by atoms with van der Waals surface area (Å²) in [5.41, 5.74) is 1.37. The van der Waals surface area contributed by atoms with E-state index in [0.717, 1.165) is 12.0 Å². The average Bonchev–Trinajstić information content (AvgIpc) is 2.69. The summed E-state index contributed by atoms with van der Waals surface area (Å²) in [5, 5.41) is 0. The third-order valence-electron chi connectivity index (χ3n) is 2.69. The second-order valence-corrected chi connectivity index (χ2v) is 6.49. The number of hydrogen-bond acceptors (Lipinski definition) is 1. The van der Waals surface area contributed by atoms with E-state index in [-0.39, 0.29) is 11.2 Å². The maximum Gasteiger partial charge on any atom is 0.123 e. The van der Waals surface area contributed by atoms with Gasteiger partial charge in [-0.2, -0.15) is 0 Å². The van der Waals surface area contributed by atoms with Crippen molar-refractivity contribution in [2.45, 2.75) is 32.6 Å². The molecule has 2 rings (SSSR count). The molecule has 0 atom stereocenters. The molecule has 1 aromatic heterocycles. The van der Waals surface area contributed by atoms with Gasteiger partial charge in [0.15, 0.2) is 0 Å². The first-order valence-corrected chi connectivity index (χ1v) is 6.60. The van der Waals surface area contributed by atoms with Crippen molar-refractivity contribution in [1.82, 2.24) is 0 Å². The van der Waals surface area contributed by atoms with Crippen molar-refractivity contribution in [1.29, 1.82) is 0 Å². The first kappa shape index (κ1) is 12.3. The summed E-state index contributed by atoms with van der Waals surface area (Å²) in [6.45, 7) is 6.67. The SMILES string of the molecule is CC(C)(C)c1ccc(Cc2ccc(F)cc2)s1. The van der Waals surface area contributed by atoms with Gasteiger partial charge in [0.05, 0.1) is 0 Å². The van der Waals surface area contributed by atoms with E-state index in [9.17, 15) is 4.39 Å². The molecule has 0 radical (unpaired) electrons. The molecule has 0 saturated carbocycles. The smallest absolute Gasteiger partial charge is 0.123 e. The fourth-order valence-electron chi connectivity index (χ4n) is 1.68. The molecule has 0 spiro atoms. The summed E-state index contributed by atoms with van der Waals surface area (Å²) in [7, 11) is 0. The molecule has 1 heterocycles. The minimum absolute atomic E-state index is 0.171. The molecule has 17 heavy (non-hydrogen) atoms. The fraction of sp³-hybridized carbons (Fsp3) is 0.333. The zero-order valence-corrected chi connectivity index (χ0v) is 11.3. The van der Waals surface area contributed by atoms with Gasteiger partial charge in [-0.25, -0.2) is 4.39 Å². The van der Waals surface area contributed by atoms with E-state index in [0.29, 0.717) is 0 Å². The van der Waals surface area contributed by atoms with Gasteiger partial charge in [0.2, 0.25) is 0 Å². The molecule has 0 nitrogen and oxygen atoms in total. The molecule has 0 unspecified atom stereocenters. The molecule has 1 aromatic carbocycles. The van der Waals surface area contributed by atoms with Crippen LogP contribution in [0.25, 0.3) is 0 Å². The summed E-state index contributed by atoms with van der Waals surface area (Å²) < 4.78 is 12.8. The molecule has 0 saturated heterocycles. The maximum absolute atomic E-state index is 12.8. The highest BCUT2D eigenvalue weighted by atomic mass is 32.1. The Morgan fingerprint density at radius 3 is 2.18 bits per heavy atom. The van der Waals surface area contributed by atoms with E-state index in [1.54, 1.807) is 0 Å². The predicted molar refractivity (Wildman–Crippen MR) is 72.2 cm³/mol. The normalized spacial score (nSPS) is 11.8. The third kappa shape index (κ3) is 3.16. The Morgan fingerprint density at radius 2 is 1.65 bits per heavy atom. The minimum atomic E-state index is -0.171. The number of rotatable bonds is 2. The van der Waals surface area contributed by atoms with Crippen LogP contribution in [0, 0.1) is 5.82 Å². The van der Waals surface area contributed by atoms with E-state index < -0.39 is 0 Å². The topological polar surface area (TPSA) is 0 Å². The number of hydrogen-bond donors (Lipinski definition) is 0. The summed E-state index contributed by atoms with van der Waals surface area (Å²) in [6, 6.07) is 11.1. The lowest BCUT2D eigenvalue weighted by Gasteiger charge is -2.15. The van der Waals surface area contributed by atoms with E-state index in [1.165, 1.54) is 21.9 Å². The molecule has 2 heteroatoms. The van der Waals surface area contributed by atoms with Crippen LogP contribution in [0.15, 0.2) is 36.4 Å². The lowest BCUT2D eigenvalue weighted by molar-refractivity contribution is 0.604. The zero-order valence-electron chi connectivity index (χ0n) is 10.5. The van der Waals surface area contributed by atoms with Crippen LogP contribution in [0.2, 0.25) is 0 Å². The van der Waals surface area contributed by atoms with Gasteiger partial charge in [0.1, 0.15) is 5.82 Å². The largest absolute Gasteiger partial charge is 0.207 e. The Hall–Kier alpha value is -1.15. The predicted octanol–water partition coefficient (Wildman–Crippen LogP) is 4.78. The second-order valence-electron chi connectivity index (χ2n) is 5.32. The molecular formula is C15H17FS. The summed E-state index contributed by atoms with van der Waals surface area (Å²) >= 11 is 1.85. The lowest BCUT2D eigenvalue weighted by Crippen LogP contribution is -2.07. The first-order chi connectivity index (χ1) is 7.95. The van der Waals surface area contributed by atoms with Gasteiger partial charge in [-0.3, -0.25) is 0 Å². The van der Waals surface area contributed by atoms with E-state index in [1.807, 2.05) is 23.5 Å². The van der Waals surface area contributed by atoms with Crippen molar-refractivity contribution >= 4 is 11.3 Å². The van der Waals surface area contributed by atoms with Crippen molar-refractivity contribution in [2.24, 2.45) is 0 Å². The Bertz CT molecular complexity index is 488. The molecule has 0 bridgehead atoms. The van der Waals surface area contributed by atoms with Crippen molar-refractivity contribution < 1.29 is 4.39 Å². The van der Waals surface area contributed by atoms with Crippen LogP contribution in [-0.2, 0) is 11.8 Å². The Kier molecular flexibility index (Phi) is 3.34. The summed E-state index contributed by atoms with van der Waals surface area (Å²) in [6.07, 6.45) is 0.890. The minimum Gasteiger partial charge on any atom is -0.207 e. The highest BCUT2D eigenvalue weighted by Gasteiger charge is 2.15. The van der Waals surface area contributed by atoms with Crippen LogP contribution in [-0.4, -0.2) is 0 Å². The number of thiophene rings is 1. The lowest BCUT2D eigenvalue weighted by atomic mass is 9.95. The van der Waals surface area contributed by atoms with Crippen molar-refractivity contribution in [3.63, 3.8) is 0 Å². The quantitative estimate of drug-likeness (QED) is 0.717. The first-order valence-electron chi connectivity index (χ1n) is 5.79. The van der Waals surface area contributed by atoms with Gasteiger partial charge in [-0.1, -0.05) is 32.9 Å². The van der Waals surface area contributed by atoms with Gasteiger partial charge in [0, 0.05) is 16.2 Å². The molecule has 0 aliphatic carbocycles. The van der Waals surface area contributed by atoms with E-state index in [4.69, 9.17) is 0 Å². The summed E-state index contributed by atoms with van der Waals surface area (Å²) in [4.78, 5) is 2.73. The highest BCUT2D eigenvalue weighted by molar-refractivity contribution is 7.12. The third-order valence-corrected chi connectivity index (χ3v) is 4.20. The Labute approximate surface area is 106 Å². The van der Waals surface area contributed by atoms with Crippen LogP contribution in [0.3, 0.4) is 0 Å². The Balaban J connectivity index is 2.14. The standard InChI is InChI=1S/C15H17FS/c1-15(2,3)14-9-8-13(17-14)10-11-4-6-12(16)7-5-11/h4-9H,10H2,1-3H3. The van der Waals surface area contributed by atoms with Crippen LogP contribution in [0.4, 0.5) is 4.39 Å². The molecule has 90 valence electrons. The van der Waals surface area contributed by atoms with Crippen molar-refractivity contribution in [3.8, 4) is 0 Å². The van der Waals surface area contributed by atoms with E-state index >= 15 is 0 Å². The van der Waals surface area contributed by atoms with Crippen LogP contribution in [0.1, 0.15) is 36.1 Å². The maximum atomic E-state index is 12.8. The second kappa shape index (κ2) is 4.61. The van der Waals surface area contributed by atoms with E-state index in [2.05, 4.69) is 32.9 Å². The summed E-state index contributed by atoms with van der Waals surface area (Å²) in [5.74, 6) is -0.171. The highest BCUT2D eigenvalue weighted by Crippen LogP contribution is 2.30. The van der Waals surface area contributed by atoms with Gasteiger partial charge >= 0.3 is 0 Å². The molecule has 0 aliphatic rings. The van der Waals surface area contributed by atoms with Gasteiger partial charge in [-0.05, 0) is 35.2 Å². The number of benzene rings is 1. The number of halogens is 1. The van der Waals surface area contributed by atoms with Gasteiger partial charge in [0.25, 0.3) is 0 Å². The van der Waals surface area contributed by atoms with Crippen molar-refractivity contribution in [2.75, 3.05) is 0 Å². The Morgan fingerprint density at radius 1 is 1.00 bits per heavy atom. The molecule has 0 fully saturated rings. The van der Waals surface area contributed by atoms with Crippen molar-refractivity contribution in [3.05, 3.63) is 57.5 Å². The molecule has 2 aromatic rings. The van der Waals surface area contributed by atoms with Crippen LogP contribution < -0.4 is 0 Å². The molecular weight excluding hydrogens is 231 g/mol. The fourth-order valence-corrected chi connectivity index (χ4v) is 2.78. The monoisotopic (exact) mass is 248 g/mol.